The number of hydrogen-bond acceptors (Lipinski definition) is 1. The Morgan fingerprint density at radius 3 is 2.82 bits per heavy atom. The van der Waals surface area contributed by atoms with Gasteiger partial charge in [0, 0.05) is 5.39 Å². The summed E-state index contributed by atoms with van der Waals surface area (Å²) in [7, 11) is 5.42. The number of hydrogen-bond donors (Lipinski definition) is 0. The highest BCUT2D eigenvalue weighted by Crippen LogP contribution is 2.17. The second-order valence-electron chi connectivity index (χ2n) is 2.45. The highest BCUT2D eigenvalue weighted by molar-refractivity contribution is 6.08. The molecule has 2 rings (SSSR count). The highest BCUT2D eigenvalue weighted by atomic mass is 16.3. The van der Waals surface area contributed by atoms with E-state index in [1.165, 1.54) is 0 Å². The minimum atomic E-state index is 0.467. The fraction of sp³-hybridized carbons (Fsp3) is 0.111. The van der Waals surface area contributed by atoms with Crippen molar-refractivity contribution in [3.8, 4) is 0 Å². The quantitative estimate of drug-likeness (QED) is 0.555. The largest absolute Gasteiger partial charge is 0.462 e. The van der Waals surface area contributed by atoms with Gasteiger partial charge in [-0.05, 0) is 18.5 Å². The molecule has 0 aliphatic heterocycles. The van der Waals surface area contributed by atoms with E-state index in [-0.39, 0.29) is 0 Å². The van der Waals surface area contributed by atoms with Crippen LogP contribution in [-0.2, 0) is 6.32 Å². The molecule has 0 saturated carbocycles. The average molecular weight is 142 g/mol. The number of fused-ring (bicyclic) bond motifs is 1. The lowest BCUT2D eigenvalue weighted by atomic mass is 10.0. The van der Waals surface area contributed by atoms with Gasteiger partial charge in [-0.3, -0.25) is 0 Å². The Morgan fingerprint density at radius 2 is 2.09 bits per heavy atom. The van der Waals surface area contributed by atoms with Crippen molar-refractivity contribution in [3.05, 3.63) is 36.1 Å². The summed E-state index contributed by atoms with van der Waals surface area (Å²) in [5.41, 5.74) is 0.910. The molecular weight excluding hydrogens is 135 g/mol. The molecule has 11 heavy (non-hydrogen) atoms. The van der Waals surface area contributed by atoms with Gasteiger partial charge in [0.05, 0.1) is 13.6 Å². The van der Waals surface area contributed by atoms with Gasteiger partial charge in [-0.1, -0.05) is 18.2 Å². The zero-order valence-electron chi connectivity index (χ0n) is 6.08. The van der Waals surface area contributed by atoms with Gasteiger partial charge in [-0.15, -0.1) is 0 Å². The number of furan rings is 1. The van der Waals surface area contributed by atoms with Crippen molar-refractivity contribution in [2.24, 2.45) is 0 Å². The van der Waals surface area contributed by atoms with Crippen LogP contribution in [-0.4, -0.2) is 7.85 Å². The molecule has 0 N–H and O–H groups in total. The van der Waals surface area contributed by atoms with Crippen LogP contribution in [0.15, 0.2) is 34.7 Å². The Morgan fingerprint density at radius 1 is 1.27 bits per heavy atom. The van der Waals surface area contributed by atoms with Crippen molar-refractivity contribution in [1.82, 2.24) is 0 Å². The van der Waals surface area contributed by atoms with Gasteiger partial charge in [-0.25, -0.2) is 0 Å². The normalized spacial score (nSPS) is 10.5. The van der Waals surface area contributed by atoms with Crippen LogP contribution in [0.3, 0.4) is 0 Å². The molecule has 0 amide bonds. The van der Waals surface area contributed by atoms with Gasteiger partial charge >= 0.3 is 0 Å². The maximum atomic E-state index is 5.42. The fourth-order valence-electron chi connectivity index (χ4n) is 1.14. The first kappa shape index (κ1) is 6.53. The van der Waals surface area contributed by atoms with Crippen molar-refractivity contribution in [2.45, 2.75) is 6.32 Å². The van der Waals surface area contributed by atoms with Crippen molar-refractivity contribution in [3.63, 3.8) is 0 Å². The van der Waals surface area contributed by atoms with Gasteiger partial charge < -0.3 is 4.42 Å². The van der Waals surface area contributed by atoms with Gasteiger partial charge in [0.1, 0.15) is 5.58 Å². The van der Waals surface area contributed by atoms with E-state index in [0.717, 1.165) is 16.7 Å². The van der Waals surface area contributed by atoms with E-state index in [9.17, 15) is 0 Å². The summed E-state index contributed by atoms with van der Waals surface area (Å²) in [6.07, 6.45) is 0.467. The molecular formula is C9H7BO. The summed E-state index contributed by atoms with van der Waals surface area (Å²) in [5, 5.41) is 1.12. The lowest BCUT2D eigenvalue weighted by molar-refractivity contribution is 0.572. The summed E-state index contributed by atoms with van der Waals surface area (Å²) in [6.45, 7) is 0. The van der Waals surface area contributed by atoms with E-state index in [1.54, 1.807) is 0 Å². The molecule has 1 nitrogen and oxygen atoms in total. The van der Waals surface area contributed by atoms with Crippen LogP contribution < -0.4 is 0 Å². The SMILES string of the molecule is [B]Cc1cc2ccccc2o1. The topological polar surface area (TPSA) is 13.1 Å². The van der Waals surface area contributed by atoms with Crippen LogP contribution >= 0.6 is 0 Å². The van der Waals surface area contributed by atoms with Crippen LogP contribution in [0.25, 0.3) is 11.0 Å². The molecule has 0 spiro atoms. The van der Waals surface area contributed by atoms with E-state index < -0.39 is 0 Å². The standard InChI is InChI=1S/C9H7BO/c10-6-8-5-7-3-1-2-4-9(7)11-8/h1-5H,6H2. The van der Waals surface area contributed by atoms with E-state index in [2.05, 4.69) is 0 Å². The predicted octanol–water partition coefficient (Wildman–Crippen LogP) is 2.10. The van der Waals surface area contributed by atoms with Crippen LogP contribution in [0.4, 0.5) is 0 Å². The monoisotopic (exact) mass is 142 g/mol. The maximum absolute atomic E-state index is 5.42. The molecule has 2 aromatic rings. The van der Waals surface area contributed by atoms with Crippen molar-refractivity contribution >= 4 is 18.8 Å². The fourth-order valence-corrected chi connectivity index (χ4v) is 1.14. The average Bonchev–Trinajstić information content (AvgIpc) is 2.46. The minimum Gasteiger partial charge on any atom is -0.462 e. The zero-order valence-corrected chi connectivity index (χ0v) is 6.08. The van der Waals surface area contributed by atoms with E-state index in [4.69, 9.17) is 12.3 Å². The van der Waals surface area contributed by atoms with E-state index in [1.807, 2.05) is 30.3 Å². The molecule has 52 valence electrons. The smallest absolute Gasteiger partial charge is 0.134 e. The maximum Gasteiger partial charge on any atom is 0.134 e. The minimum absolute atomic E-state index is 0.467. The van der Waals surface area contributed by atoms with Crippen LogP contribution in [0.2, 0.25) is 0 Å². The summed E-state index contributed by atoms with van der Waals surface area (Å²) in [6, 6.07) is 9.85. The van der Waals surface area contributed by atoms with E-state index >= 15 is 0 Å². The van der Waals surface area contributed by atoms with Gasteiger partial charge in [0.25, 0.3) is 0 Å². The Kier molecular flexibility index (Phi) is 1.46. The third kappa shape index (κ3) is 1.05. The summed E-state index contributed by atoms with van der Waals surface area (Å²) >= 11 is 0. The number of benzene rings is 1. The Labute approximate surface area is 66.4 Å². The van der Waals surface area contributed by atoms with Crippen LogP contribution in [0.1, 0.15) is 5.76 Å². The second kappa shape index (κ2) is 2.46. The van der Waals surface area contributed by atoms with Crippen molar-refractivity contribution in [1.29, 1.82) is 0 Å². The first-order valence-electron chi connectivity index (χ1n) is 3.57. The van der Waals surface area contributed by atoms with Crippen LogP contribution in [0, 0.1) is 0 Å². The molecule has 1 aromatic heterocycles. The molecule has 0 saturated heterocycles. The summed E-state index contributed by atoms with van der Waals surface area (Å²) in [5.74, 6) is 0.839. The highest BCUT2D eigenvalue weighted by Gasteiger charge is 1.98. The Bertz CT molecular complexity index is 331. The summed E-state index contributed by atoms with van der Waals surface area (Å²) < 4.78 is 5.39. The third-order valence-electron chi connectivity index (χ3n) is 1.68. The lowest BCUT2D eigenvalue weighted by Gasteiger charge is -1.83. The van der Waals surface area contributed by atoms with Crippen molar-refractivity contribution in [2.75, 3.05) is 0 Å². The third-order valence-corrected chi connectivity index (χ3v) is 1.68. The predicted molar refractivity (Wildman–Crippen MR) is 45.7 cm³/mol. The van der Waals surface area contributed by atoms with E-state index in [0.29, 0.717) is 6.32 Å². The molecule has 0 unspecified atom stereocenters. The molecule has 1 aromatic carbocycles. The molecule has 0 bridgehead atoms. The van der Waals surface area contributed by atoms with Crippen molar-refractivity contribution < 1.29 is 4.42 Å². The zero-order chi connectivity index (χ0) is 7.68. The van der Waals surface area contributed by atoms with Gasteiger partial charge in [-0.2, -0.15) is 0 Å². The second-order valence-corrected chi connectivity index (χ2v) is 2.45. The molecule has 0 aliphatic carbocycles. The molecule has 1 heterocycles. The Hall–Kier alpha value is -1.18. The first-order chi connectivity index (χ1) is 5.40. The van der Waals surface area contributed by atoms with Crippen LogP contribution in [0.5, 0.6) is 0 Å². The molecule has 2 radical (unpaired) electrons. The summed E-state index contributed by atoms with van der Waals surface area (Å²) in [4.78, 5) is 0. The lowest BCUT2D eigenvalue weighted by Crippen LogP contribution is -1.74. The molecule has 0 atom stereocenters. The number of para-hydroxylation sites is 1. The Balaban J connectivity index is 2.69. The molecule has 2 heteroatoms. The first-order valence-corrected chi connectivity index (χ1v) is 3.57. The number of rotatable bonds is 1. The van der Waals surface area contributed by atoms with Gasteiger partial charge in [0.15, 0.2) is 0 Å². The molecule has 0 aliphatic rings. The van der Waals surface area contributed by atoms with Gasteiger partial charge in [0.2, 0.25) is 0 Å². The molecule has 0 fully saturated rings.